The van der Waals surface area contributed by atoms with Gasteiger partial charge in [0.05, 0.1) is 6.26 Å². The third kappa shape index (κ3) is 6.07. The Balaban J connectivity index is 1.61. The third-order valence-electron chi connectivity index (χ3n) is 4.02. The number of carbonyl (C=O) groups excluding carboxylic acids is 3. The molecule has 0 fully saturated rings. The molecule has 3 rings (SSSR count). The highest BCUT2D eigenvalue weighted by Crippen LogP contribution is 2.08. The van der Waals surface area contributed by atoms with Crippen LogP contribution in [0.1, 0.15) is 16.1 Å². The minimum Gasteiger partial charge on any atom is -0.459 e. The molecular weight excluding hydrogens is 372 g/mol. The highest BCUT2D eigenvalue weighted by atomic mass is 16.5. The first-order valence-electron chi connectivity index (χ1n) is 9.01. The number of hydrogen-bond acceptors (Lipinski definition) is 5. The summed E-state index contributed by atoms with van der Waals surface area (Å²) in [6.45, 7) is -0.463. The molecule has 0 aliphatic rings. The predicted molar refractivity (Wildman–Crippen MR) is 106 cm³/mol. The van der Waals surface area contributed by atoms with E-state index in [2.05, 4.69) is 10.6 Å². The van der Waals surface area contributed by atoms with E-state index in [1.165, 1.54) is 12.3 Å². The standard InChI is InChI=1S/C22H20N2O5/c25-20(23-17-10-5-2-6-11-17)15-29-22(27)18(14-16-8-3-1-4-9-16)24-21(26)19-12-7-13-28-19/h1-13,18H,14-15H2,(H,23,25)(H,24,26)/t18-/m1/s1. The second-order valence-corrected chi connectivity index (χ2v) is 6.21. The zero-order chi connectivity index (χ0) is 20.5. The van der Waals surface area contributed by atoms with Gasteiger partial charge in [-0.25, -0.2) is 4.79 Å². The predicted octanol–water partition coefficient (Wildman–Crippen LogP) is 2.80. The molecule has 0 unspecified atom stereocenters. The van der Waals surface area contributed by atoms with Crippen LogP contribution in [0.5, 0.6) is 0 Å². The Morgan fingerprint density at radius 3 is 2.24 bits per heavy atom. The number of amides is 2. The maximum absolute atomic E-state index is 12.6. The molecule has 1 heterocycles. The van der Waals surface area contributed by atoms with E-state index >= 15 is 0 Å². The van der Waals surface area contributed by atoms with Crippen LogP contribution in [0, 0.1) is 0 Å². The minimum atomic E-state index is -0.973. The van der Waals surface area contributed by atoms with Crippen molar-refractivity contribution in [2.75, 3.05) is 11.9 Å². The van der Waals surface area contributed by atoms with Gasteiger partial charge in [-0.2, -0.15) is 0 Å². The van der Waals surface area contributed by atoms with Crippen LogP contribution in [0.15, 0.2) is 83.5 Å². The van der Waals surface area contributed by atoms with Gasteiger partial charge in [0.25, 0.3) is 11.8 Å². The summed E-state index contributed by atoms with van der Waals surface area (Å²) >= 11 is 0. The van der Waals surface area contributed by atoms with Gasteiger partial charge in [-0.15, -0.1) is 0 Å². The Bertz CT molecular complexity index is 940. The van der Waals surface area contributed by atoms with Gasteiger partial charge in [0.15, 0.2) is 12.4 Å². The number of anilines is 1. The van der Waals surface area contributed by atoms with E-state index in [4.69, 9.17) is 9.15 Å². The summed E-state index contributed by atoms with van der Waals surface area (Å²) in [6, 6.07) is 20.1. The van der Waals surface area contributed by atoms with Crippen LogP contribution < -0.4 is 10.6 Å². The molecule has 7 heteroatoms. The summed E-state index contributed by atoms with van der Waals surface area (Å²) < 4.78 is 10.2. The Morgan fingerprint density at radius 2 is 1.59 bits per heavy atom. The molecule has 0 radical (unpaired) electrons. The number of esters is 1. The first kappa shape index (κ1) is 19.9. The first-order valence-corrected chi connectivity index (χ1v) is 9.01. The van der Waals surface area contributed by atoms with Gasteiger partial charge in [-0.3, -0.25) is 9.59 Å². The second kappa shape index (κ2) is 9.89. The van der Waals surface area contributed by atoms with Crippen molar-refractivity contribution >= 4 is 23.5 Å². The van der Waals surface area contributed by atoms with Crippen molar-refractivity contribution in [3.05, 3.63) is 90.4 Å². The number of benzene rings is 2. The molecular formula is C22H20N2O5. The van der Waals surface area contributed by atoms with E-state index in [1.807, 2.05) is 36.4 Å². The van der Waals surface area contributed by atoms with Crippen molar-refractivity contribution in [2.45, 2.75) is 12.5 Å². The van der Waals surface area contributed by atoms with Crippen LogP contribution in [0.3, 0.4) is 0 Å². The lowest BCUT2D eigenvalue weighted by Crippen LogP contribution is -2.44. The largest absolute Gasteiger partial charge is 0.459 e. The normalized spacial score (nSPS) is 11.3. The molecule has 2 N–H and O–H groups in total. The molecule has 0 spiro atoms. The number of hydrogen-bond donors (Lipinski definition) is 2. The average Bonchev–Trinajstić information content (AvgIpc) is 3.28. The quantitative estimate of drug-likeness (QED) is 0.575. The third-order valence-corrected chi connectivity index (χ3v) is 4.02. The van der Waals surface area contributed by atoms with Gasteiger partial charge in [0.1, 0.15) is 6.04 Å². The number of para-hydroxylation sites is 1. The molecule has 148 valence electrons. The van der Waals surface area contributed by atoms with E-state index in [1.54, 1.807) is 30.3 Å². The molecule has 3 aromatic rings. The monoisotopic (exact) mass is 392 g/mol. The zero-order valence-electron chi connectivity index (χ0n) is 15.5. The molecule has 7 nitrogen and oxygen atoms in total. The number of rotatable bonds is 8. The molecule has 1 atom stereocenters. The number of furan rings is 1. The van der Waals surface area contributed by atoms with Crippen LogP contribution in [0.4, 0.5) is 5.69 Å². The molecule has 0 aliphatic heterocycles. The molecule has 2 amide bonds. The van der Waals surface area contributed by atoms with Crippen molar-refractivity contribution in [3.8, 4) is 0 Å². The van der Waals surface area contributed by atoms with Crippen LogP contribution in [0.2, 0.25) is 0 Å². The van der Waals surface area contributed by atoms with Gasteiger partial charge in [0.2, 0.25) is 0 Å². The Labute approximate surface area is 167 Å². The second-order valence-electron chi connectivity index (χ2n) is 6.21. The van der Waals surface area contributed by atoms with Crippen molar-refractivity contribution < 1.29 is 23.5 Å². The number of carbonyl (C=O) groups is 3. The molecule has 0 aliphatic carbocycles. The van der Waals surface area contributed by atoms with Crippen molar-refractivity contribution in [3.63, 3.8) is 0 Å². The fourth-order valence-electron chi connectivity index (χ4n) is 2.64. The highest BCUT2D eigenvalue weighted by molar-refractivity contribution is 5.96. The van der Waals surface area contributed by atoms with Crippen LogP contribution in [-0.2, 0) is 20.7 Å². The molecule has 0 bridgehead atoms. The van der Waals surface area contributed by atoms with Gasteiger partial charge >= 0.3 is 5.97 Å². The maximum Gasteiger partial charge on any atom is 0.329 e. The van der Waals surface area contributed by atoms with E-state index in [-0.39, 0.29) is 12.2 Å². The molecule has 2 aromatic carbocycles. The smallest absolute Gasteiger partial charge is 0.329 e. The van der Waals surface area contributed by atoms with E-state index in [0.29, 0.717) is 5.69 Å². The van der Waals surface area contributed by atoms with E-state index in [9.17, 15) is 14.4 Å². The summed E-state index contributed by atoms with van der Waals surface area (Å²) in [5, 5.41) is 5.23. The van der Waals surface area contributed by atoms with Gasteiger partial charge in [-0.1, -0.05) is 48.5 Å². The first-order chi connectivity index (χ1) is 14.1. The lowest BCUT2D eigenvalue weighted by molar-refractivity contribution is -0.149. The Kier molecular flexibility index (Phi) is 6.78. The molecule has 0 saturated heterocycles. The Hall–Kier alpha value is -3.87. The lowest BCUT2D eigenvalue weighted by atomic mass is 10.1. The van der Waals surface area contributed by atoms with Crippen LogP contribution >= 0.6 is 0 Å². The molecule has 1 aromatic heterocycles. The summed E-state index contributed by atoms with van der Waals surface area (Å²) in [4.78, 5) is 36.9. The summed E-state index contributed by atoms with van der Waals surface area (Å²) in [5.41, 5.74) is 1.43. The van der Waals surface area contributed by atoms with Gasteiger partial charge in [-0.05, 0) is 29.8 Å². The minimum absolute atomic E-state index is 0.0812. The van der Waals surface area contributed by atoms with Crippen molar-refractivity contribution in [1.29, 1.82) is 0 Å². The Morgan fingerprint density at radius 1 is 0.897 bits per heavy atom. The van der Waals surface area contributed by atoms with Gasteiger partial charge in [0, 0.05) is 12.1 Å². The van der Waals surface area contributed by atoms with Crippen molar-refractivity contribution in [2.24, 2.45) is 0 Å². The topological polar surface area (TPSA) is 97.6 Å². The highest BCUT2D eigenvalue weighted by Gasteiger charge is 2.25. The summed E-state index contributed by atoms with van der Waals surface area (Å²) in [5.74, 6) is -1.64. The molecule has 0 saturated carbocycles. The fraction of sp³-hybridized carbons (Fsp3) is 0.136. The zero-order valence-corrected chi connectivity index (χ0v) is 15.5. The number of nitrogens with one attached hydrogen (secondary N) is 2. The average molecular weight is 392 g/mol. The summed E-state index contributed by atoms with van der Waals surface area (Å²) in [7, 11) is 0. The van der Waals surface area contributed by atoms with Crippen LogP contribution in [-0.4, -0.2) is 30.4 Å². The number of ether oxygens (including phenoxy) is 1. The van der Waals surface area contributed by atoms with E-state index in [0.717, 1.165) is 5.56 Å². The maximum atomic E-state index is 12.6. The fourth-order valence-corrected chi connectivity index (χ4v) is 2.64. The summed E-state index contributed by atoms with van der Waals surface area (Å²) in [6.07, 6.45) is 1.58. The van der Waals surface area contributed by atoms with Crippen LogP contribution in [0.25, 0.3) is 0 Å². The van der Waals surface area contributed by atoms with E-state index < -0.39 is 30.4 Å². The van der Waals surface area contributed by atoms with Crippen molar-refractivity contribution in [1.82, 2.24) is 5.32 Å². The SMILES string of the molecule is O=C(COC(=O)[C@@H](Cc1ccccc1)NC(=O)c1ccco1)Nc1ccccc1. The van der Waals surface area contributed by atoms with Gasteiger partial charge < -0.3 is 19.8 Å². The lowest BCUT2D eigenvalue weighted by Gasteiger charge is -2.17. The molecule has 29 heavy (non-hydrogen) atoms.